The Kier molecular flexibility index (Phi) is 6.29. The minimum Gasteiger partial charge on any atom is -0.507 e. The third-order valence-corrected chi connectivity index (χ3v) is 4.04. The molecule has 28 heavy (non-hydrogen) atoms. The van der Waals surface area contributed by atoms with Gasteiger partial charge in [-0.1, -0.05) is 11.6 Å². The van der Waals surface area contributed by atoms with E-state index in [1.807, 2.05) is 6.92 Å². The van der Waals surface area contributed by atoms with Crippen molar-refractivity contribution >= 4 is 29.5 Å². The summed E-state index contributed by atoms with van der Waals surface area (Å²) in [5, 5.41) is 10.8. The second-order valence-electron chi connectivity index (χ2n) is 5.80. The molecule has 1 N–H and O–H groups in total. The van der Waals surface area contributed by atoms with Crippen molar-refractivity contribution in [1.82, 2.24) is 0 Å². The van der Waals surface area contributed by atoms with Crippen molar-refractivity contribution in [3.05, 3.63) is 82.9 Å². The van der Waals surface area contributed by atoms with E-state index in [1.54, 1.807) is 60.7 Å². The molecule has 3 rings (SSSR count). The number of rotatable bonds is 6. The number of phenolic OH excluding ortho intramolecular Hbond substituents is 1. The minimum atomic E-state index is -0.523. The van der Waals surface area contributed by atoms with Crippen LogP contribution < -0.4 is 9.47 Å². The number of aliphatic imine (C=N–C) groups is 1. The molecule has 0 saturated carbocycles. The molecule has 5 nitrogen and oxygen atoms in total. The molecule has 3 aromatic rings. The molecule has 0 radical (unpaired) electrons. The normalized spacial score (nSPS) is 10.8. The van der Waals surface area contributed by atoms with Crippen LogP contribution in [-0.4, -0.2) is 23.9 Å². The molecular formula is C22H18ClNO4. The summed E-state index contributed by atoms with van der Waals surface area (Å²) in [6.07, 6.45) is 1.52. The maximum Gasteiger partial charge on any atom is 0.343 e. The van der Waals surface area contributed by atoms with Crippen LogP contribution >= 0.6 is 11.6 Å². The summed E-state index contributed by atoms with van der Waals surface area (Å²) in [4.78, 5) is 16.5. The number of ether oxygens (including phenoxy) is 2. The van der Waals surface area contributed by atoms with E-state index < -0.39 is 5.97 Å². The monoisotopic (exact) mass is 395 g/mol. The van der Waals surface area contributed by atoms with Gasteiger partial charge in [-0.15, -0.1) is 0 Å². The zero-order valence-corrected chi connectivity index (χ0v) is 15.9. The van der Waals surface area contributed by atoms with Crippen molar-refractivity contribution in [2.45, 2.75) is 6.92 Å². The third-order valence-electron chi connectivity index (χ3n) is 3.79. The molecule has 0 spiro atoms. The van der Waals surface area contributed by atoms with Gasteiger partial charge < -0.3 is 14.6 Å². The average molecular weight is 396 g/mol. The first-order chi connectivity index (χ1) is 13.5. The molecule has 0 aromatic heterocycles. The molecule has 142 valence electrons. The highest BCUT2D eigenvalue weighted by Gasteiger charge is 2.10. The van der Waals surface area contributed by atoms with Gasteiger partial charge in [-0.3, -0.25) is 4.99 Å². The Hall–Kier alpha value is -3.31. The fourth-order valence-electron chi connectivity index (χ4n) is 2.39. The Labute approximate surface area is 167 Å². The van der Waals surface area contributed by atoms with Crippen LogP contribution in [0.4, 0.5) is 5.69 Å². The van der Waals surface area contributed by atoms with Crippen LogP contribution in [0.25, 0.3) is 0 Å². The molecule has 0 amide bonds. The number of halogens is 1. The molecule has 0 atom stereocenters. The van der Waals surface area contributed by atoms with Crippen LogP contribution in [0, 0.1) is 0 Å². The molecule has 0 bridgehead atoms. The van der Waals surface area contributed by atoms with E-state index in [2.05, 4.69) is 4.99 Å². The van der Waals surface area contributed by atoms with Gasteiger partial charge in [-0.2, -0.15) is 0 Å². The lowest BCUT2D eigenvalue weighted by Crippen LogP contribution is -2.08. The smallest absolute Gasteiger partial charge is 0.343 e. The fraction of sp³-hybridized carbons (Fsp3) is 0.0909. The van der Waals surface area contributed by atoms with Crippen LogP contribution in [0.1, 0.15) is 22.8 Å². The van der Waals surface area contributed by atoms with Crippen molar-refractivity contribution in [3.8, 4) is 17.2 Å². The SMILES string of the molecule is CCOc1ccc(C(=O)Oc2ccc(C=Nc3ccc(Cl)cc3)c(O)c2)cc1. The number of carbonyl (C=O) groups excluding carboxylic acids is 1. The number of phenols is 1. The first-order valence-electron chi connectivity index (χ1n) is 8.63. The largest absolute Gasteiger partial charge is 0.507 e. The van der Waals surface area contributed by atoms with Gasteiger partial charge in [0, 0.05) is 22.9 Å². The summed E-state index contributed by atoms with van der Waals surface area (Å²) in [7, 11) is 0. The number of aromatic hydroxyl groups is 1. The Morgan fingerprint density at radius 2 is 1.71 bits per heavy atom. The maximum absolute atomic E-state index is 12.2. The van der Waals surface area contributed by atoms with Gasteiger partial charge in [0.1, 0.15) is 17.2 Å². The number of hydrogen-bond acceptors (Lipinski definition) is 5. The van der Waals surface area contributed by atoms with E-state index in [-0.39, 0.29) is 11.5 Å². The highest BCUT2D eigenvalue weighted by Crippen LogP contribution is 2.24. The van der Waals surface area contributed by atoms with Crippen LogP contribution in [0.3, 0.4) is 0 Å². The van der Waals surface area contributed by atoms with Gasteiger partial charge >= 0.3 is 5.97 Å². The Balaban J connectivity index is 1.67. The molecule has 0 fully saturated rings. The molecule has 0 saturated heterocycles. The van der Waals surface area contributed by atoms with Crippen molar-refractivity contribution in [3.63, 3.8) is 0 Å². The van der Waals surface area contributed by atoms with Gasteiger partial charge in [0.2, 0.25) is 0 Å². The van der Waals surface area contributed by atoms with E-state index in [0.717, 1.165) is 0 Å². The Morgan fingerprint density at radius 3 is 2.36 bits per heavy atom. The number of hydrogen-bond donors (Lipinski definition) is 1. The minimum absolute atomic E-state index is 0.0466. The van der Waals surface area contributed by atoms with E-state index in [1.165, 1.54) is 12.3 Å². The molecule has 0 aliphatic rings. The van der Waals surface area contributed by atoms with Crippen LogP contribution in [0.5, 0.6) is 17.2 Å². The number of nitrogens with zero attached hydrogens (tertiary/aromatic N) is 1. The van der Waals surface area contributed by atoms with Crippen molar-refractivity contribution < 1.29 is 19.4 Å². The first-order valence-corrected chi connectivity index (χ1v) is 9.00. The molecule has 0 aliphatic heterocycles. The molecule has 3 aromatic carbocycles. The van der Waals surface area contributed by atoms with Crippen molar-refractivity contribution in [2.24, 2.45) is 4.99 Å². The second kappa shape index (κ2) is 9.06. The van der Waals surface area contributed by atoms with Gasteiger partial charge in [0.05, 0.1) is 17.9 Å². The fourth-order valence-corrected chi connectivity index (χ4v) is 2.51. The number of carbonyl (C=O) groups is 1. The predicted molar refractivity (Wildman–Crippen MR) is 109 cm³/mol. The number of esters is 1. The summed E-state index contributed by atoms with van der Waals surface area (Å²) in [5.41, 5.74) is 1.59. The van der Waals surface area contributed by atoms with Gasteiger partial charge in [0.25, 0.3) is 0 Å². The van der Waals surface area contributed by atoms with Gasteiger partial charge in [0.15, 0.2) is 0 Å². The lowest BCUT2D eigenvalue weighted by molar-refractivity contribution is 0.0734. The maximum atomic E-state index is 12.2. The van der Waals surface area contributed by atoms with Crippen molar-refractivity contribution in [1.29, 1.82) is 0 Å². The van der Waals surface area contributed by atoms with Gasteiger partial charge in [-0.05, 0) is 67.6 Å². The average Bonchev–Trinajstić information content (AvgIpc) is 2.69. The van der Waals surface area contributed by atoms with E-state index in [0.29, 0.717) is 34.2 Å². The van der Waals surface area contributed by atoms with Crippen LogP contribution in [0.15, 0.2) is 71.7 Å². The van der Waals surface area contributed by atoms with E-state index >= 15 is 0 Å². The van der Waals surface area contributed by atoms with E-state index in [9.17, 15) is 9.90 Å². The summed E-state index contributed by atoms with van der Waals surface area (Å²) < 4.78 is 10.7. The standard InChI is InChI=1S/C22H18ClNO4/c1-2-27-19-10-3-15(4-11-19)22(26)28-20-12-5-16(21(25)13-20)14-24-18-8-6-17(23)7-9-18/h3-14,25H,2H2,1H3. The molecule has 6 heteroatoms. The third kappa shape index (κ3) is 5.11. The first kappa shape index (κ1) is 19.5. The van der Waals surface area contributed by atoms with Crippen molar-refractivity contribution in [2.75, 3.05) is 6.61 Å². The summed E-state index contributed by atoms with van der Waals surface area (Å²) in [5.74, 6) is 0.348. The second-order valence-corrected chi connectivity index (χ2v) is 6.24. The molecule has 0 heterocycles. The highest BCUT2D eigenvalue weighted by atomic mass is 35.5. The number of benzene rings is 3. The molecule has 0 unspecified atom stereocenters. The highest BCUT2D eigenvalue weighted by molar-refractivity contribution is 6.30. The zero-order chi connectivity index (χ0) is 19.9. The summed E-state index contributed by atoms with van der Waals surface area (Å²) in [6.45, 7) is 2.44. The lowest BCUT2D eigenvalue weighted by Gasteiger charge is -2.07. The summed E-state index contributed by atoms with van der Waals surface area (Å²) >= 11 is 5.84. The Morgan fingerprint density at radius 1 is 1.04 bits per heavy atom. The topological polar surface area (TPSA) is 68.1 Å². The molecule has 0 aliphatic carbocycles. The van der Waals surface area contributed by atoms with Gasteiger partial charge in [-0.25, -0.2) is 4.79 Å². The predicted octanol–water partition coefficient (Wildman–Crippen LogP) is 5.41. The van der Waals surface area contributed by atoms with Crippen LogP contribution in [-0.2, 0) is 0 Å². The quantitative estimate of drug-likeness (QED) is 0.344. The zero-order valence-electron chi connectivity index (χ0n) is 15.1. The van der Waals surface area contributed by atoms with E-state index in [4.69, 9.17) is 21.1 Å². The summed E-state index contributed by atoms with van der Waals surface area (Å²) in [6, 6.07) is 18.2. The van der Waals surface area contributed by atoms with Crippen LogP contribution in [0.2, 0.25) is 5.02 Å². The lowest BCUT2D eigenvalue weighted by atomic mass is 10.2. The molecular weight excluding hydrogens is 378 g/mol. The Bertz CT molecular complexity index is 982.